The first-order chi connectivity index (χ1) is 18.7. The molecule has 3 fully saturated rings. The number of halogens is 1. The lowest BCUT2D eigenvalue weighted by Gasteiger charge is -2.58. The van der Waals surface area contributed by atoms with E-state index in [1.165, 1.54) is 25.0 Å². The highest BCUT2D eigenvalue weighted by atomic mass is 19.1. The van der Waals surface area contributed by atoms with Gasteiger partial charge in [0.05, 0.1) is 0 Å². The molecule has 0 spiro atoms. The van der Waals surface area contributed by atoms with Crippen molar-refractivity contribution in [1.29, 1.82) is 5.26 Å². The number of carbonyl (C=O) groups excluding carboxylic acids is 1. The monoisotopic (exact) mass is 527 g/mol. The number of fused-ring (bicyclic) bond motifs is 5. The van der Waals surface area contributed by atoms with Crippen LogP contribution in [0.3, 0.4) is 0 Å². The van der Waals surface area contributed by atoms with Gasteiger partial charge in [-0.05, 0) is 85.7 Å². The summed E-state index contributed by atoms with van der Waals surface area (Å²) in [5.74, 6) is 1.72. The van der Waals surface area contributed by atoms with Gasteiger partial charge in [0.25, 0.3) is 0 Å². The minimum atomic E-state index is -0.358. The summed E-state index contributed by atoms with van der Waals surface area (Å²) < 4.78 is 20.4. The summed E-state index contributed by atoms with van der Waals surface area (Å²) in [5.41, 5.74) is 10.2. The van der Waals surface area contributed by atoms with Crippen molar-refractivity contribution in [2.24, 2.45) is 28.6 Å². The van der Waals surface area contributed by atoms with Crippen molar-refractivity contribution in [2.45, 2.75) is 84.2 Å². The maximum Gasteiger partial charge on any atom is 0.302 e. The lowest BCUT2D eigenvalue weighted by Crippen LogP contribution is -2.50. The molecule has 0 aliphatic heterocycles. The molecule has 4 aliphatic carbocycles. The van der Waals surface area contributed by atoms with Gasteiger partial charge in [-0.25, -0.2) is 9.37 Å². The van der Waals surface area contributed by atoms with Crippen molar-refractivity contribution in [3.05, 3.63) is 59.1 Å². The second-order valence-corrected chi connectivity index (χ2v) is 12.9. The number of benzene rings is 1. The van der Waals surface area contributed by atoms with Crippen molar-refractivity contribution in [3.63, 3.8) is 0 Å². The second-order valence-electron chi connectivity index (χ2n) is 12.9. The lowest BCUT2D eigenvalue weighted by molar-refractivity contribution is -0.148. The van der Waals surface area contributed by atoms with Crippen LogP contribution in [0.4, 0.5) is 10.2 Å². The quantitative estimate of drug-likeness (QED) is 0.334. The summed E-state index contributed by atoms with van der Waals surface area (Å²) in [4.78, 5) is 16.3. The van der Waals surface area contributed by atoms with E-state index in [9.17, 15) is 14.4 Å². The highest BCUT2D eigenvalue weighted by Crippen LogP contribution is 2.68. The van der Waals surface area contributed by atoms with Gasteiger partial charge in [0.2, 0.25) is 0 Å². The van der Waals surface area contributed by atoms with Crippen molar-refractivity contribution >= 4 is 11.8 Å². The van der Waals surface area contributed by atoms with E-state index in [2.05, 4.69) is 26.0 Å². The summed E-state index contributed by atoms with van der Waals surface area (Å²) in [6, 6.07) is 10.7. The van der Waals surface area contributed by atoms with Crippen LogP contribution in [-0.2, 0) is 9.53 Å². The summed E-state index contributed by atoms with van der Waals surface area (Å²) in [6.45, 7) is 6.40. The fraction of sp³-hybridized carbons (Fsp3) is 0.545. The van der Waals surface area contributed by atoms with Gasteiger partial charge in [0, 0.05) is 36.1 Å². The van der Waals surface area contributed by atoms with Gasteiger partial charge in [0.15, 0.2) is 0 Å². The number of nitrogen functional groups attached to an aromatic ring is 1. The van der Waals surface area contributed by atoms with Crippen LogP contribution in [-0.4, -0.2) is 17.1 Å². The third-order valence-corrected chi connectivity index (χ3v) is 11.1. The fourth-order valence-electron chi connectivity index (χ4n) is 9.22. The van der Waals surface area contributed by atoms with Crippen molar-refractivity contribution in [3.8, 4) is 17.2 Å². The van der Waals surface area contributed by atoms with E-state index in [0.717, 1.165) is 50.6 Å². The van der Waals surface area contributed by atoms with E-state index in [0.29, 0.717) is 28.9 Å². The smallest absolute Gasteiger partial charge is 0.302 e. The van der Waals surface area contributed by atoms with Crippen molar-refractivity contribution in [1.82, 2.24) is 4.98 Å². The van der Waals surface area contributed by atoms with Crippen LogP contribution in [0, 0.1) is 45.7 Å². The number of aromatic nitrogens is 1. The summed E-state index contributed by atoms with van der Waals surface area (Å²) in [5, 5.41) is 9.83. The van der Waals surface area contributed by atoms with Crippen LogP contribution in [0.1, 0.15) is 89.3 Å². The summed E-state index contributed by atoms with van der Waals surface area (Å²) in [6.07, 6.45) is 10.9. The summed E-state index contributed by atoms with van der Waals surface area (Å²) in [7, 11) is 0. The zero-order valence-corrected chi connectivity index (χ0v) is 23.2. The third kappa shape index (κ3) is 4.08. The number of anilines is 1. The standard InChI is InChI=1S/C33H38FN3O2/c1-19(38)39-21-12-14-32(2)20(16-21)8-9-23-26-10-11-28(33(26,3)15-13-27(23)32)30-17-24(25(18-35)31(36)37-30)22-6-4-5-7-29(22)34/h4-8,17,21,23,26-28H,9-16H2,1-3H3,(H2,36,37)/t21-,23-,26-,27-,28+,32-,33-/m0/s1. The number of nitriles is 1. The highest BCUT2D eigenvalue weighted by molar-refractivity contribution is 5.76. The van der Waals surface area contributed by atoms with E-state index in [1.54, 1.807) is 18.2 Å². The molecular formula is C33H38FN3O2. The van der Waals surface area contributed by atoms with Crippen LogP contribution >= 0.6 is 0 Å². The van der Waals surface area contributed by atoms with E-state index in [4.69, 9.17) is 15.5 Å². The number of hydrogen-bond donors (Lipinski definition) is 1. The van der Waals surface area contributed by atoms with Crippen LogP contribution in [0.15, 0.2) is 42.0 Å². The van der Waals surface area contributed by atoms with Crippen LogP contribution in [0.5, 0.6) is 0 Å². The number of ether oxygens (including phenoxy) is 1. The zero-order valence-electron chi connectivity index (χ0n) is 23.2. The Morgan fingerprint density at radius 1 is 1.13 bits per heavy atom. The van der Waals surface area contributed by atoms with Crippen molar-refractivity contribution < 1.29 is 13.9 Å². The highest BCUT2D eigenvalue weighted by Gasteiger charge is 2.59. The topological polar surface area (TPSA) is 89.0 Å². The number of rotatable bonds is 3. The predicted octanol–water partition coefficient (Wildman–Crippen LogP) is 7.32. The van der Waals surface area contributed by atoms with E-state index < -0.39 is 0 Å². The van der Waals surface area contributed by atoms with Crippen LogP contribution in [0.2, 0.25) is 0 Å². The molecule has 1 aromatic carbocycles. The largest absolute Gasteiger partial charge is 0.462 e. The Morgan fingerprint density at radius 2 is 1.92 bits per heavy atom. The predicted molar refractivity (Wildman–Crippen MR) is 149 cm³/mol. The molecule has 1 heterocycles. The van der Waals surface area contributed by atoms with Gasteiger partial charge in [0.1, 0.15) is 29.4 Å². The molecular weight excluding hydrogens is 489 g/mol. The van der Waals surface area contributed by atoms with Gasteiger partial charge in [-0.3, -0.25) is 4.79 Å². The Hall–Kier alpha value is -3.20. The zero-order chi connectivity index (χ0) is 27.5. The molecule has 39 heavy (non-hydrogen) atoms. The molecule has 1 aromatic heterocycles. The lowest BCUT2D eigenvalue weighted by atomic mass is 9.47. The number of esters is 1. The Balaban J connectivity index is 1.32. The molecule has 3 saturated carbocycles. The third-order valence-electron chi connectivity index (χ3n) is 11.1. The van der Waals surface area contributed by atoms with Gasteiger partial charge in [-0.1, -0.05) is 43.7 Å². The number of nitrogens with zero attached hydrogens (tertiary/aromatic N) is 2. The number of hydrogen-bond acceptors (Lipinski definition) is 5. The molecule has 5 nitrogen and oxygen atoms in total. The Kier molecular flexibility index (Phi) is 6.32. The van der Waals surface area contributed by atoms with E-state index in [1.807, 2.05) is 6.07 Å². The maximum atomic E-state index is 14.8. The molecule has 7 atom stereocenters. The van der Waals surface area contributed by atoms with E-state index >= 15 is 0 Å². The number of carbonyl (C=O) groups is 1. The Morgan fingerprint density at radius 3 is 2.67 bits per heavy atom. The van der Waals surface area contributed by atoms with Gasteiger partial charge in [-0.2, -0.15) is 5.26 Å². The SMILES string of the molecule is CC(=O)O[C@H]1CC[C@@]2(C)C(=CC[C@H]3[C@@H]4CC[C@H](c5cc(-c6ccccc6F)c(C#N)c(N)n5)[C@@]4(C)CC[C@@H]32)C1. The average Bonchev–Trinajstić information content (AvgIpc) is 3.25. The van der Waals surface area contributed by atoms with Crippen molar-refractivity contribution in [2.75, 3.05) is 5.73 Å². The van der Waals surface area contributed by atoms with Gasteiger partial charge >= 0.3 is 5.97 Å². The fourth-order valence-corrected chi connectivity index (χ4v) is 9.22. The Labute approximate surface area is 230 Å². The van der Waals surface area contributed by atoms with Crippen LogP contribution in [0.25, 0.3) is 11.1 Å². The molecule has 4 aliphatic rings. The molecule has 0 radical (unpaired) electrons. The number of allylic oxidation sites excluding steroid dienone is 1. The molecule has 2 aromatic rings. The molecule has 0 bridgehead atoms. The molecule has 6 rings (SSSR count). The molecule has 0 unspecified atom stereocenters. The first kappa shape index (κ1) is 26.0. The first-order valence-electron chi connectivity index (χ1n) is 14.5. The Bertz CT molecular complexity index is 1400. The molecule has 6 heteroatoms. The maximum absolute atomic E-state index is 14.8. The molecule has 0 saturated heterocycles. The van der Waals surface area contributed by atoms with Gasteiger partial charge in [-0.15, -0.1) is 0 Å². The first-order valence-corrected chi connectivity index (χ1v) is 14.5. The van der Waals surface area contributed by atoms with E-state index in [-0.39, 0.29) is 46.0 Å². The summed E-state index contributed by atoms with van der Waals surface area (Å²) >= 11 is 0. The van der Waals surface area contributed by atoms with Crippen LogP contribution < -0.4 is 5.73 Å². The second kappa shape index (κ2) is 9.47. The number of pyridine rings is 1. The minimum absolute atomic E-state index is 0.0136. The minimum Gasteiger partial charge on any atom is -0.462 e. The normalized spacial score (nSPS) is 35.2. The molecule has 2 N–H and O–H groups in total. The van der Waals surface area contributed by atoms with Gasteiger partial charge < -0.3 is 10.5 Å². The molecule has 204 valence electrons. The molecule has 0 amide bonds. The average molecular weight is 528 g/mol. The number of nitrogens with two attached hydrogens (primary N) is 1.